The van der Waals surface area contributed by atoms with E-state index in [0.29, 0.717) is 21.8 Å². The summed E-state index contributed by atoms with van der Waals surface area (Å²) >= 11 is 9.28. The Morgan fingerprint density at radius 1 is 1.18 bits per heavy atom. The molecule has 0 spiro atoms. The van der Waals surface area contributed by atoms with Gasteiger partial charge in [-0.05, 0) is 24.3 Å². The molecule has 0 saturated carbocycles. The summed E-state index contributed by atoms with van der Waals surface area (Å²) in [5, 5.41) is 11.5. The third kappa shape index (κ3) is 1.61. The second kappa shape index (κ2) is 3.76. The van der Waals surface area contributed by atoms with E-state index in [1.807, 2.05) is 12.1 Å². The lowest BCUT2D eigenvalue weighted by Gasteiger charge is -1.94. The molecule has 0 radical (unpaired) electrons. The fourth-order valence-corrected chi connectivity index (χ4v) is 2.53. The van der Waals surface area contributed by atoms with Crippen LogP contribution in [0.4, 0.5) is 0 Å². The Morgan fingerprint density at radius 3 is 2.76 bits per heavy atom. The lowest BCUT2D eigenvalue weighted by Crippen LogP contribution is -1.77. The van der Waals surface area contributed by atoms with Crippen LogP contribution >= 0.6 is 27.5 Å². The van der Waals surface area contributed by atoms with E-state index in [9.17, 15) is 0 Å². The van der Waals surface area contributed by atoms with Crippen LogP contribution in [0.1, 0.15) is 5.56 Å². The maximum atomic E-state index is 9.15. The molecule has 0 amide bonds. The van der Waals surface area contributed by atoms with E-state index in [-0.39, 0.29) is 0 Å². The van der Waals surface area contributed by atoms with Crippen molar-refractivity contribution in [2.24, 2.45) is 0 Å². The molecule has 82 valence electrons. The van der Waals surface area contributed by atoms with Gasteiger partial charge in [-0.25, -0.2) is 0 Å². The van der Waals surface area contributed by atoms with Crippen molar-refractivity contribution in [2.75, 3.05) is 0 Å². The van der Waals surface area contributed by atoms with Gasteiger partial charge in [0, 0.05) is 26.3 Å². The highest BCUT2D eigenvalue weighted by molar-refractivity contribution is 9.10. The van der Waals surface area contributed by atoms with Gasteiger partial charge in [0.15, 0.2) is 0 Å². The Hall–Kier alpha value is -1.50. The fourth-order valence-electron chi connectivity index (χ4n) is 1.93. The third-order valence-electron chi connectivity index (χ3n) is 2.62. The van der Waals surface area contributed by atoms with Crippen LogP contribution in [0.2, 0.25) is 5.02 Å². The van der Waals surface area contributed by atoms with Crippen molar-refractivity contribution in [3.05, 3.63) is 45.4 Å². The first-order chi connectivity index (χ1) is 8.19. The van der Waals surface area contributed by atoms with Crippen molar-refractivity contribution in [3.8, 4) is 6.07 Å². The standard InChI is InChI=1S/C13H5BrClNO/c14-8-3-7(6-16)13-10-2-1-9(15)5-11(10)17-12(13)4-8/h1-5H. The molecule has 3 rings (SSSR count). The Balaban J connectivity index is 2.57. The molecule has 17 heavy (non-hydrogen) atoms. The normalized spacial score (nSPS) is 10.9. The van der Waals surface area contributed by atoms with Gasteiger partial charge in [-0.15, -0.1) is 0 Å². The number of nitriles is 1. The average Bonchev–Trinajstić information content (AvgIpc) is 2.64. The van der Waals surface area contributed by atoms with Crippen LogP contribution < -0.4 is 0 Å². The maximum absolute atomic E-state index is 9.15. The van der Waals surface area contributed by atoms with Crippen LogP contribution in [-0.4, -0.2) is 0 Å². The number of benzene rings is 2. The van der Waals surface area contributed by atoms with Crippen LogP contribution in [0.3, 0.4) is 0 Å². The van der Waals surface area contributed by atoms with Crippen molar-refractivity contribution >= 4 is 49.5 Å². The van der Waals surface area contributed by atoms with Gasteiger partial charge < -0.3 is 4.42 Å². The zero-order valence-electron chi connectivity index (χ0n) is 8.50. The number of halogens is 2. The first kappa shape index (κ1) is 10.6. The number of furan rings is 1. The number of nitrogens with zero attached hydrogens (tertiary/aromatic N) is 1. The Bertz CT molecular complexity index is 785. The molecule has 0 bridgehead atoms. The van der Waals surface area contributed by atoms with Crippen molar-refractivity contribution in [3.63, 3.8) is 0 Å². The summed E-state index contributed by atoms with van der Waals surface area (Å²) in [6, 6.07) is 11.2. The highest BCUT2D eigenvalue weighted by atomic mass is 79.9. The maximum Gasteiger partial charge on any atom is 0.137 e. The highest BCUT2D eigenvalue weighted by Gasteiger charge is 2.12. The van der Waals surface area contributed by atoms with Gasteiger partial charge in [-0.3, -0.25) is 0 Å². The van der Waals surface area contributed by atoms with Crippen molar-refractivity contribution in [2.45, 2.75) is 0 Å². The summed E-state index contributed by atoms with van der Waals surface area (Å²) < 4.78 is 6.52. The molecule has 1 heterocycles. The van der Waals surface area contributed by atoms with Crippen LogP contribution in [-0.2, 0) is 0 Å². The smallest absolute Gasteiger partial charge is 0.137 e. The van der Waals surface area contributed by atoms with Gasteiger partial charge in [-0.2, -0.15) is 5.26 Å². The van der Waals surface area contributed by atoms with Gasteiger partial charge in [-0.1, -0.05) is 27.5 Å². The number of rotatable bonds is 0. The molecule has 0 unspecified atom stereocenters. The summed E-state index contributed by atoms with van der Waals surface area (Å²) in [5.41, 5.74) is 1.98. The number of hydrogen-bond donors (Lipinski definition) is 0. The molecule has 0 fully saturated rings. The Kier molecular flexibility index (Phi) is 2.36. The van der Waals surface area contributed by atoms with Gasteiger partial charge in [0.05, 0.1) is 11.6 Å². The van der Waals surface area contributed by atoms with Gasteiger partial charge >= 0.3 is 0 Å². The Labute approximate surface area is 111 Å². The van der Waals surface area contributed by atoms with Crippen LogP contribution in [0, 0.1) is 11.3 Å². The minimum Gasteiger partial charge on any atom is -0.456 e. The molecule has 0 saturated heterocycles. The van der Waals surface area contributed by atoms with Crippen molar-refractivity contribution < 1.29 is 4.42 Å². The van der Waals surface area contributed by atoms with E-state index in [2.05, 4.69) is 22.0 Å². The quantitative estimate of drug-likeness (QED) is 0.594. The van der Waals surface area contributed by atoms with Gasteiger partial charge in [0.1, 0.15) is 11.2 Å². The van der Waals surface area contributed by atoms with E-state index in [1.54, 1.807) is 18.2 Å². The summed E-state index contributed by atoms with van der Waals surface area (Å²) in [5.74, 6) is 0. The molecule has 0 atom stereocenters. The first-order valence-electron chi connectivity index (χ1n) is 4.90. The SMILES string of the molecule is N#Cc1cc(Br)cc2oc3cc(Cl)ccc3c12. The molecule has 2 nitrogen and oxygen atoms in total. The first-order valence-corrected chi connectivity index (χ1v) is 6.07. The van der Waals surface area contributed by atoms with E-state index < -0.39 is 0 Å². The summed E-state index contributed by atoms with van der Waals surface area (Å²) in [4.78, 5) is 0. The largest absolute Gasteiger partial charge is 0.456 e. The highest BCUT2D eigenvalue weighted by Crippen LogP contribution is 2.34. The lowest BCUT2D eigenvalue weighted by atomic mass is 10.1. The fraction of sp³-hybridized carbons (Fsp3) is 0. The number of fused-ring (bicyclic) bond motifs is 3. The molecular weight excluding hydrogens is 302 g/mol. The van der Waals surface area contributed by atoms with Crippen molar-refractivity contribution in [1.29, 1.82) is 5.26 Å². The summed E-state index contributed by atoms with van der Waals surface area (Å²) in [6.07, 6.45) is 0. The second-order valence-corrected chi connectivity index (χ2v) is 5.03. The second-order valence-electron chi connectivity index (χ2n) is 3.68. The molecule has 2 aromatic carbocycles. The molecule has 0 N–H and O–H groups in total. The predicted molar refractivity (Wildman–Crippen MR) is 71.1 cm³/mol. The van der Waals surface area contributed by atoms with Crippen LogP contribution in [0.25, 0.3) is 21.9 Å². The zero-order valence-corrected chi connectivity index (χ0v) is 10.8. The van der Waals surface area contributed by atoms with Crippen LogP contribution in [0.15, 0.2) is 39.2 Å². The molecule has 4 heteroatoms. The van der Waals surface area contributed by atoms with E-state index in [1.165, 1.54) is 0 Å². The van der Waals surface area contributed by atoms with Crippen LogP contribution in [0.5, 0.6) is 0 Å². The third-order valence-corrected chi connectivity index (χ3v) is 3.31. The average molecular weight is 307 g/mol. The molecule has 0 aliphatic rings. The molecule has 3 aromatic rings. The molecule has 0 aliphatic carbocycles. The van der Waals surface area contributed by atoms with Gasteiger partial charge in [0.25, 0.3) is 0 Å². The zero-order chi connectivity index (χ0) is 12.0. The summed E-state index contributed by atoms with van der Waals surface area (Å²) in [6.45, 7) is 0. The summed E-state index contributed by atoms with van der Waals surface area (Å²) in [7, 11) is 0. The van der Waals surface area contributed by atoms with Gasteiger partial charge in [0.2, 0.25) is 0 Å². The molecular formula is C13H5BrClNO. The van der Waals surface area contributed by atoms with E-state index >= 15 is 0 Å². The minimum absolute atomic E-state index is 0.593. The molecule has 1 aromatic heterocycles. The number of hydrogen-bond acceptors (Lipinski definition) is 2. The lowest BCUT2D eigenvalue weighted by molar-refractivity contribution is 0.668. The minimum atomic E-state index is 0.593. The predicted octanol–water partition coefficient (Wildman–Crippen LogP) is 4.87. The monoisotopic (exact) mass is 305 g/mol. The van der Waals surface area contributed by atoms with E-state index in [0.717, 1.165) is 15.2 Å². The van der Waals surface area contributed by atoms with E-state index in [4.69, 9.17) is 21.3 Å². The topological polar surface area (TPSA) is 36.9 Å². The van der Waals surface area contributed by atoms with Crippen molar-refractivity contribution in [1.82, 2.24) is 0 Å². The molecule has 0 aliphatic heterocycles. The Morgan fingerprint density at radius 2 is 2.00 bits per heavy atom.